The molecule has 3 rings (SSSR count). The van der Waals surface area contributed by atoms with Crippen molar-refractivity contribution in [3.05, 3.63) is 59.1 Å². The third-order valence-corrected chi connectivity index (χ3v) is 4.34. The molecule has 1 atom stereocenters. The molecule has 146 valence electrons. The van der Waals surface area contributed by atoms with E-state index in [0.717, 1.165) is 6.42 Å². The summed E-state index contributed by atoms with van der Waals surface area (Å²) in [5, 5.41) is 5.89. The number of hydrogen-bond acceptors (Lipinski definition) is 5. The fraction of sp³-hybridized carbons (Fsp3) is 0.250. The Kier molecular flexibility index (Phi) is 6.62. The molecule has 0 aliphatic carbocycles. The molecule has 8 heteroatoms. The average molecular weight is 403 g/mol. The zero-order chi connectivity index (χ0) is 19.9. The predicted octanol–water partition coefficient (Wildman–Crippen LogP) is 3.25. The third-order valence-electron chi connectivity index (χ3n) is 4.09. The van der Waals surface area contributed by atoms with E-state index in [1.807, 2.05) is 0 Å². The number of rotatable bonds is 6. The minimum atomic E-state index is -0.606. The number of hydrogen-bond donors (Lipinski definition) is 2. The van der Waals surface area contributed by atoms with E-state index in [2.05, 4.69) is 10.6 Å². The molecular weight excluding hydrogens is 384 g/mol. The molecule has 1 aliphatic rings. The van der Waals surface area contributed by atoms with Gasteiger partial charge in [0.25, 0.3) is 11.8 Å². The quantitative estimate of drug-likeness (QED) is 0.723. The van der Waals surface area contributed by atoms with Gasteiger partial charge in [0.15, 0.2) is 12.7 Å². The number of carbonyl (C=O) groups is 3. The van der Waals surface area contributed by atoms with Gasteiger partial charge in [-0.1, -0.05) is 23.7 Å². The van der Waals surface area contributed by atoms with Crippen molar-refractivity contribution in [3.63, 3.8) is 0 Å². The fourth-order valence-corrected chi connectivity index (χ4v) is 2.83. The molecule has 7 nitrogen and oxygen atoms in total. The summed E-state index contributed by atoms with van der Waals surface area (Å²) in [5.74, 6) is -1.49. The molecule has 0 bridgehead atoms. The summed E-state index contributed by atoms with van der Waals surface area (Å²) in [6.45, 7) is 0.0634. The van der Waals surface area contributed by atoms with E-state index in [-0.39, 0.29) is 5.56 Å². The van der Waals surface area contributed by atoms with Gasteiger partial charge in [0.1, 0.15) is 0 Å². The van der Waals surface area contributed by atoms with E-state index in [1.165, 1.54) is 0 Å². The topological polar surface area (TPSA) is 93.7 Å². The van der Waals surface area contributed by atoms with E-state index in [0.29, 0.717) is 29.4 Å². The minimum Gasteiger partial charge on any atom is -0.454 e. The van der Waals surface area contributed by atoms with Gasteiger partial charge in [-0.25, -0.2) is 4.79 Å². The first-order chi connectivity index (χ1) is 13.5. The lowest BCUT2D eigenvalue weighted by Crippen LogP contribution is -2.28. The van der Waals surface area contributed by atoms with Crippen molar-refractivity contribution in [1.82, 2.24) is 0 Å². The van der Waals surface area contributed by atoms with Crippen molar-refractivity contribution < 1.29 is 23.9 Å². The molecule has 0 unspecified atom stereocenters. The second kappa shape index (κ2) is 9.34. The molecule has 0 radical (unpaired) electrons. The maximum atomic E-state index is 12.5. The summed E-state index contributed by atoms with van der Waals surface area (Å²) in [4.78, 5) is 36.5. The highest BCUT2D eigenvalue weighted by Crippen LogP contribution is 2.19. The fourth-order valence-electron chi connectivity index (χ4n) is 2.70. The van der Waals surface area contributed by atoms with Crippen LogP contribution in [0.4, 0.5) is 11.4 Å². The van der Waals surface area contributed by atoms with Crippen LogP contribution >= 0.6 is 11.6 Å². The standard InChI is InChI=1S/C20H19ClN2O5/c21-13-7-9-14(10-8-13)22-19(25)15-4-1-2-5-16(15)23-18(24)12-28-20(26)17-6-3-11-27-17/h1-2,4-5,7-10,17H,3,6,11-12H2,(H,22,25)(H,23,24)/t17-/m0/s1. The van der Waals surface area contributed by atoms with E-state index in [1.54, 1.807) is 48.5 Å². The largest absolute Gasteiger partial charge is 0.454 e. The van der Waals surface area contributed by atoms with Gasteiger partial charge in [-0.15, -0.1) is 0 Å². The summed E-state index contributed by atoms with van der Waals surface area (Å²) in [6.07, 6.45) is 0.779. The number of anilines is 2. The van der Waals surface area contributed by atoms with Crippen LogP contribution in [-0.2, 0) is 19.1 Å². The van der Waals surface area contributed by atoms with Crippen LogP contribution in [0.1, 0.15) is 23.2 Å². The number of ether oxygens (including phenoxy) is 2. The number of amides is 2. The lowest BCUT2D eigenvalue weighted by atomic mass is 10.1. The van der Waals surface area contributed by atoms with Crippen molar-refractivity contribution in [2.75, 3.05) is 23.8 Å². The highest BCUT2D eigenvalue weighted by atomic mass is 35.5. The van der Waals surface area contributed by atoms with Crippen molar-refractivity contribution >= 4 is 40.8 Å². The van der Waals surface area contributed by atoms with Crippen LogP contribution in [0.25, 0.3) is 0 Å². The molecule has 1 aliphatic heterocycles. The predicted molar refractivity (Wildman–Crippen MR) is 104 cm³/mol. The van der Waals surface area contributed by atoms with Crippen LogP contribution in [0.5, 0.6) is 0 Å². The second-order valence-corrected chi connectivity index (χ2v) is 6.60. The first-order valence-corrected chi connectivity index (χ1v) is 9.15. The summed E-state index contributed by atoms with van der Waals surface area (Å²) < 4.78 is 10.2. The summed E-state index contributed by atoms with van der Waals surface area (Å²) in [6, 6.07) is 13.2. The van der Waals surface area contributed by atoms with Crippen molar-refractivity contribution in [3.8, 4) is 0 Å². The number of nitrogens with one attached hydrogen (secondary N) is 2. The molecule has 2 amide bonds. The molecule has 2 aromatic carbocycles. The Morgan fingerprint density at radius 2 is 1.82 bits per heavy atom. The molecule has 1 saturated heterocycles. The molecule has 1 fully saturated rings. The number of benzene rings is 2. The molecule has 2 N–H and O–H groups in total. The number of carbonyl (C=O) groups excluding carboxylic acids is 3. The molecular formula is C20H19ClN2O5. The van der Waals surface area contributed by atoms with Crippen molar-refractivity contribution in [2.24, 2.45) is 0 Å². The van der Waals surface area contributed by atoms with Crippen molar-refractivity contribution in [2.45, 2.75) is 18.9 Å². The summed E-state index contributed by atoms with van der Waals surface area (Å²) >= 11 is 5.84. The van der Waals surface area contributed by atoms with Gasteiger partial charge < -0.3 is 20.1 Å². The van der Waals surface area contributed by atoms with Gasteiger partial charge in [-0.05, 0) is 49.2 Å². The van der Waals surface area contributed by atoms with E-state index >= 15 is 0 Å². The summed E-state index contributed by atoms with van der Waals surface area (Å²) in [7, 11) is 0. The Hall–Kier alpha value is -2.90. The van der Waals surface area contributed by atoms with Crippen LogP contribution in [0.15, 0.2) is 48.5 Å². The number of halogens is 1. The maximum absolute atomic E-state index is 12.5. The van der Waals surface area contributed by atoms with E-state index < -0.39 is 30.5 Å². The highest BCUT2D eigenvalue weighted by molar-refractivity contribution is 6.30. The monoisotopic (exact) mass is 402 g/mol. The van der Waals surface area contributed by atoms with Crippen LogP contribution in [-0.4, -0.2) is 37.1 Å². The molecule has 28 heavy (non-hydrogen) atoms. The first kappa shape index (κ1) is 19.9. The van der Waals surface area contributed by atoms with Crippen molar-refractivity contribution in [1.29, 1.82) is 0 Å². The number of para-hydroxylation sites is 1. The van der Waals surface area contributed by atoms with Crippen LogP contribution in [0.2, 0.25) is 5.02 Å². The van der Waals surface area contributed by atoms with Crippen LogP contribution < -0.4 is 10.6 Å². The zero-order valence-corrected chi connectivity index (χ0v) is 15.7. The SMILES string of the molecule is O=C(COC(=O)[C@@H]1CCCO1)Nc1ccccc1C(=O)Nc1ccc(Cl)cc1. The van der Waals surface area contributed by atoms with Gasteiger partial charge in [0.05, 0.1) is 11.3 Å². The van der Waals surface area contributed by atoms with Gasteiger partial charge in [-0.2, -0.15) is 0 Å². The first-order valence-electron chi connectivity index (χ1n) is 8.77. The smallest absolute Gasteiger partial charge is 0.335 e. The number of esters is 1. The van der Waals surface area contributed by atoms with Gasteiger partial charge in [0.2, 0.25) is 0 Å². The van der Waals surface area contributed by atoms with Gasteiger partial charge in [-0.3, -0.25) is 9.59 Å². The lowest BCUT2D eigenvalue weighted by Gasteiger charge is -2.13. The Labute approximate surface area is 167 Å². The summed E-state index contributed by atoms with van der Waals surface area (Å²) in [5.41, 5.74) is 1.16. The second-order valence-electron chi connectivity index (χ2n) is 6.16. The molecule has 2 aromatic rings. The Bertz CT molecular complexity index is 863. The van der Waals surface area contributed by atoms with Gasteiger partial charge in [0, 0.05) is 17.3 Å². The molecule has 0 saturated carbocycles. The molecule has 1 heterocycles. The maximum Gasteiger partial charge on any atom is 0.335 e. The highest BCUT2D eigenvalue weighted by Gasteiger charge is 2.25. The minimum absolute atomic E-state index is 0.274. The average Bonchev–Trinajstić information content (AvgIpc) is 3.23. The molecule has 0 aromatic heterocycles. The third kappa shape index (κ3) is 5.31. The van der Waals surface area contributed by atoms with E-state index in [4.69, 9.17) is 21.1 Å². The van der Waals surface area contributed by atoms with Crippen LogP contribution in [0.3, 0.4) is 0 Å². The lowest BCUT2D eigenvalue weighted by molar-refractivity contribution is -0.156. The normalized spacial score (nSPS) is 15.7. The zero-order valence-electron chi connectivity index (χ0n) is 14.9. The molecule has 0 spiro atoms. The van der Waals surface area contributed by atoms with E-state index in [9.17, 15) is 14.4 Å². The van der Waals surface area contributed by atoms with Gasteiger partial charge >= 0.3 is 5.97 Å². The van der Waals surface area contributed by atoms with Crippen LogP contribution in [0, 0.1) is 0 Å². The Morgan fingerprint density at radius 3 is 2.54 bits per heavy atom. The Balaban J connectivity index is 1.59. The Morgan fingerprint density at radius 1 is 1.07 bits per heavy atom.